The molecule has 1 saturated heterocycles. The third-order valence-corrected chi connectivity index (χ3v) is 6.41. The van der Waals surface area contributed by atoms with Crippen molar-refractivity contribution in [1.29, 1.82) is 0 Å². The van der Waals surface area contributed by atoms with Gasteiger partial charge in [-0.25, -0.2) is 4.98 Å². The molecule has 134 valence electrons. The lowest BCUT2D eigenvalue weighted by Crippen LogP contribution is -2.35. The van der Waals surface area contributed by atoms with Crippen LogP contribution in [0.1, 0.15) is 42.8 Å². The van der Waals surface area contributed by atoms with E-state index in [9.17, 15) is 4.79 Å². The minimum absolute atomic E-state index is 0.220. The highest BCUT2D eigenvalue weighted by Crippen LogP contribution is 2.28. The lowest BCUT2D eigenvalue weighted by atomic mass is 10.1. The molecule has 1 aliphatic heterocycles. The quantitative estimate of drug-likeness (QED) is 0.776. The van der Waals surface area contributed by atoms with E-state index in [0.29, 0.717) is 19.0 Å². The number of carbonyl (C=O) groups excluding carboxylic acids is 1. The van der Waals surface area contributed by atoms with Crippen molar-refractivity contribution in [3.63, 3.8) is 0 Å². The number of thiazole rings is 1. The van der Waals surface area contributed by atoms with E-state index in [4.69, 9.17) is 11.6 Å². The average molecular weight is 378 g/mol. The number of hydrogen-bond acceptors (Lipinski definition) is 4. The molecule has 6 heteroatoms. The van der Waals surface area contributed by atoms with Crippen LogP contribution in [0.3, 0.4) is 0 Å². The fourth-order valence-electron chi connectivity index (χ4n) is 3.36. The van der Waals surface area contributed by atoms with Crippen molar-refractivity contribution in [1.82, 2.24) is 14.8 Å². The van der Waals surface area contributed by atoms with Gasteiger partial charge < -0.3 is 4.90 Å². The summed E-state index contributed by atoms with van der Waals surface area (Å²) in [4.78, 5) is 21.3. The van der Waals surface area contributed by atoms with Gasteiger partial charge in [0.15, 0.2) is 0 Å². The summed E-state index contributed by atoms with van der Waals surface area (Å²) in [5.41, 5.74) is 1.01. The van der Waals surface area contributed by atoms with Gasteiger partial charge in [-0.3, -0.25) is 9.69 Å². The third-order valence-electron chi connectivity index (χ3n) is 5.09. The van der Waals surface area contributed by atoms with Gasteiger partial charge in [0.1, 0.15) is 5.01 Å². The fraction of sp³-hybridized carbons (Fsp3) is 0.474. The highest BCUT2D eigenvalue weighted by Gasteiger charge is 2.28. The fourth-order valence-corrected chi connectivity index (χ4v) is 4.30. The second-order valence-corrected chi connectivity index (χ2v) is 7.93. The Morgan fingerprint density at radius 1 is 1.40 bits per heavy atom. The number of aromatic nitrogens is 1. The molecule has 0 aliphatic carbocycles. The van der Waals surface area contributed by atoms with E-state index in [1.54, 1.807) is 11.3 Å². The predicted octanol–water partition coefficient (Wildman–Crippen LogP) is 4.37. The highest BCUT2D eigenvalue weighted by atomic mass is 35.5. The van der Waals surface area contributed by atoms with Crippen molar-refractivity contribution in [2.45, 2.75) is 44.8 Å². The van der Waals surface area contributed by atoms with Gasteiger partial charge >= 0.3 is 0 Å². The van der Waals surface area contributed by atoms with Crippen LogP contribution in [0.25, 0.3) is 0 Å². The van der Waals surface area contributed by atoms with Crippen LogP contribution in [0, 0.1) is 0 Å². The Hall–Kier alpha value is -1.43. The van der Waals surface area contributed by atoms with Crippen LogP contribution < -0.4 is 0 Å². The molecule has 1 aromatic heterocycles. The maximum absolute atomic E-state index is 12.6. The van der Waals surface area contributed by atoms with Gasteiger partial charge in [0.25, 0.3) is 0 Å². The van der Waals surface area contributed by atoms with Crippen molar-refractivity contribution in [2.75, 3.05) is 13.6 Å². The number of hydrogen-bond donors (Lipinski definition) is 0. The first-order chi connectivity index (χ1) is 12.1. The van der Waals surface area contributed by atoms with Gasteiger partial charge in [-0.05, 0) is 38.4 Å². The Morgan fingerprint density at radius 3 is 2.92 bits per heavy atom. The first-order valence-corrected chi connectivity index (χ1v) is 9.94. The second-order valence-electron chi connectivity index (χ2n) is 6.60. The monoisotopic (exact) mass is 377 g/mol. The smallest absolute Gasteiger partial charge is 0.222 e. The molecule has 25 heavy (non-hydrogen) atoms. The Labute approximate surface area is 158 Å². The van der Waals surface area contributed by atoms with E-state index >= 15 is 0 Å². The van der Waals surface area contributed by atoms with E-state index in [-0.39, 0.29) is 11.9 Å². The van der Waals surface area contributed by atoms with E-state index < -0.39 is 0 Å². The average Bonchev–Trinajstić information content (AvgIpc) is 3.09. The van der Waals surface area contributed by atoms with E-state index in [1.165, 1.54) is 0 Å². The molecule has 0 bridgehead atoms. The molecule has 1 aromatic carbocycles. The summed E-state index contributed by atoms with van der Waals surface area (Å²) in [5, 5.41) is 3.87. The number of likely N-dealkylation sites (tertiary alicyclic amines) is 1. The van der Waals surface area contributed by atoms with Crippen molar-refractivity contribution in [3.8, 4) is 0 Å². The molecule has 0 saturated carbocycles. The molecule has 1 fully saturated rings. The first kappa shape index (κ1) is 18.4. The molecule has 1 aliphatic rings. The van der Waals surface area contributed by atoms with Crippen LogP contribution in [-0.4, -0.2) is 40.3 Å². The van der Waals surface area contributed by atoms with Gasteiger partial charge in [0, 0.05) is 42.2 Å². The van der Waals surface area contributed by atoms with E-state index in [1.807, 2.05) is 40.7 Å². The van der Waals surface area contributed by atoms with Crippen LogP contribution in [0.15, 0.2) is 35.8 Å². The molecule has 4 nitrogen and oxygen atoms in total. The van der Waals surface area contributed by atoms with Crippen molar-refractivity contribution in [2.24, 2.45) is 0 Å². The number of amides is 1. The first-order valence-electron chi connectivity index (χ1n) is 8.68. The minimum Gasteiger partial charge on any atom is -0.338 e. The number of nitrogens with zero attached hydrogens (tertiary/aromatic N) is 3. The molecular weight excluding hydrogens is 354 g/mol. The lowest BCUT2D eigenvalue weighted by Gasteiger charge is -2.31. The molecule has 0 radical (unpaired) electrons. The molecule has 0 spiro atoms. The minimum atomic E-state index is 0.220. The van der Waals surface area contributed by atoms with Gasteiger partial charge in [-0.2, -0.15) is 0 Å². The van der Waals surface area contributed by atoms with Crippen LogP contribution in [-0.2, 0) is 11.3 Å². The molecule has 1 amide bonds. The summed E-state index contributed by atoms with van der Waals surface area (Å²) in [5.74, 6) is 0.220. The van der Waals surface area contributed by atoms with Crippen molar-refractivity contribution >= 4 is 28.8 Å². The molecule has 2 unspecified atom stereocenters. The summed E-state index contributed by atoms with van der Waals surface area (Å²) >= 11 is 7.95. The highest BCUT2D eigenvalue weighted by molar-refractivity contribution is 7.09. The Balaban J connectivity index is 1.64. The summed E-state index contributed by atoms with van der Waals surface area (Å²) in [6.45, 7) is 3.55. The standard InChI is InChI=1S/C19H24ClN3OS/c1-14(19-21-10-12-25-19)22(2)16-7-8-18(24)23(11-9-16)13-15-5-3-4-6-17(15)20/h3-6,10,12,14,16H,7-9,11,13H2,1-2H3. The zero-order chi connectivity index (χ0) is 17.8. The second kappa shape index (κ2) is 8.30. The topological polar surface area (TPSA) is 36.4 Å². The van der Waals surface area contributed by atoms with Crippen LogP contribution in [0.2, 0.25) is 5.02 Å². The predicted molar refractivity (Wildman–Crippen MR) is 103 cm³/mol. The third kappa shape index (κ3) is 4.40. The van der Waals surface area contributed by atoms with Gasteiger partial charge in [-0.1, -0.05) is 29.8 Å². The summed E-state index contributed by atoms with van der Waals surface area (Å²) in [7, 11) is 2.14. The number of halogens is 1. The van der Waals surface area contributed by atoms with Gasteiger partial charge in [0.2, 0.25) is 5.91 Å². The van der Waals surface area contributed by atoms with Gasteiger partial charge in [-0.15, -0.1) is 11.3 Å². The zero-order valence-corrected chi connectivity index (χ0v) is 16.3. The Bertz CT molecular complexity index is 706. The lowest BCUT2D eigenvalue weighted by molar-refractivity contribution is -0.131. The molecule has 2 aromatic rings. The summed E-state index contributed by atoms with van der Waals surface area (Å²) in [6.07, 6.45) is 4.31. The van der Waals surface area contributed by atoms with Crippen molar-refractivity contribution < 1.29 is 4.79 Å². The molecule has 2 heterocycles. The summed E-state index contributed by atoms with van der Waals surface area (Å²) in [6, 6.07) is 8.42. The van der Waals surface area contributed by atoms with Crippen LogP contribution >= 0.6 is 22.9 Å². The largest absolute Gasteiger partial charge is 0.338 e. The van der Waals surface area contributed by atoms with E-state index in [2.05, 4.69) is 23.9 Å². The molecule has 3 rings (SSSR count). The van der Waals surface area contributed by atoms with Crippen LogP contribution in [0.5, 0.6) is 0 Å². The molecule has 2 atom stereocenters. The Morgan fingerprint density at radius 2 is 2.20 bits per heavy atom. The maximum atomic E-state index is 12.6. The van der Waals surface area contributed by atoms with Crippen LogP contribution in [0.4, 0.5) is 0 Å². The van der Waals surface area contributed by atoms with Gasteiger partial charge in [0.05, 0.1) is 6.04 Å². The Kier molecular flexibility index (Phi) is 6.10. The SMILES string of the molecule is CC(c1nccs1)N(C)C1CCC(=O)N(Cc2ccccc2Cl)CC1. The normalized spacial score (nSPS) is 19.9. The number of benzene rings is 1. The number of rotatable bonds is 5. The molecular formula is C19H24ClN3OS. The zero-order valence-electron chi connectivity index (χ0n) is 14.7. The van der Waals surface area contributed by atoms with E-state index in [0.717, 1.165) is 35.0 Å². The maximum Gasteiger partial charge on any atom is 0.222 e. The molecule has 0 N–H and O–H groups in total. The van der Waals surface area contributed by atoms with Crippen molar-refractivity contribution in [3.05, 3.63) is 51.4 Å². The number of carbonyl (C=O) groups is 1. The summed E-state index contributed by atoms with van der Waals surface area (Å²) < 4.78 is 0.